The van der Waals surface area contributed by atoms with Gasteiger partial charge in [0.05, 0.1) is 16.8 Å². The highest BCUT2D eigenvalue weighted by molar-refractivity contribution is 7.92. The van der Waals surface area contributed by atoms with Crippen LogP contribution in [0.5, 0.6) is 0 Å². The number of nitrogens with zero attached hydrogens (tertiary/aromatic N) is 3. The molecule has 2 aromatic carbocycles. The van der Waals surface area contributed by atoms with Crippen molar-refractivity contribution in [3.8, 4) is 0 Å². The van der Waals surface area contributed by atoms with E-state index >= 15 is 0 Å². The molecule has 0 aliphatic carbocycles. The van der Waals surface area contributed by atoms with Gasteiger partial charge in [-0.05, 0) is 61.4 Å². The fourth-order valence-electron chi connectivity index (χ4n) is 2.80. The first-order chi connectivity index (χ1) is 14.8. The number of sulfonamides is 1. The van der Waals surface area contributed by atoms with Crippen LogP contribution in [0.15, 0.2) is 77.0 Å². The van der Waals surface area contributed by atoms with Gasteiger partial charge < -0.3 is 0 Å². The van der Waals surface area contributed by atoms with Crippen molar-refractivity contribution in [1.82, 2.24) is 10.4 Å². The first-order valence-corrected chi connectivity index (χ1v) is 11.2. The summed E-state index contributed by atoms with van der Waals surface area (Å²) in [5, 5.41) is 4.30. The molecular formula is C22H21ClN4O3S. The van der Waals surface area contributed by atoms with E-state index in [1.54, 1.807) is 61.8 Å². The number of nitrogens with one attached hydrogen (secondary N) is 1. The molecule has 1 N–H and O–H groups in total. The molecule has 3 rings (SSSR count). The summed E-state index contributed by atoms with van der Waals surface area (Å²) in [6.07, 6.45) is 4.64. The summed E-state index contributed by atoms with van der Waals surface area (Å²) in [5.74, 6) is -0.597. The highest BCUT2D eigenvalue weighted by Gasteiger charge is 2.28. The first kappa shape index (κ1) is 22.5. The number of pyridine rings is 1. The molecule has 0 radical (unpaired) electrons. The lowest BCUT2D eigenvalue weighted by atomic mass is 10.2. The second-order valence-electron chi connectivity index (χ2n) is 6.78. The van der Waals surface area contributed by atoms with Crippen LogP contribution in [0.25, 0.3) is 0 Å². The molecule has 0 bridgehead atoms. The molecule has 31 heavy (non-hydrogen) atoms. The molecule has 0 unspecified atom stereocenters. The van der Waals surface area contributed by atoms with E-state index in [9.17, 15) is 13.2 Å². The van der Waals surface area contributed by atoms with Crippen LogP contribution < -0.4 is 9.73 Å². The average Bonchev–Trinajstić information content (AvgIpc) is 2.75. The molecule has 1 aromatic heterocycles. The van der Waals surface area contributed by atoms with E-state index in [4.69, 9.17) is 11.6 Å². The standard InChI is InChI=1S/C22H21ClN4O3S/c1-16-6-8-19(9-7-16)31(29,30)27(21-5-3-4-20(23)17(21)2)15-22(28)26-25-14-18-10-12-24-13-11-18/h3-14H,15H2,1-2H3,(H,26,28)/b25-14-. The van der Waals surface area contributed by atoms with Crippen LogP contribution in [0, 0.1) is 13.8 Å². The van der Waals surface area contributed by atoms with Crippen LogP contribution in [0.2, 0.25) is 5.02 Å². The molecule has 0 aliphatic heterocycles. The third-order valence-corrected chi connectivity index (χ3v) is 6.70. The van der Waals surface area contributed by atoms with Gasteiger partial charge in [0.2, 0.25) is 0 Å². The molecule has 0 fully saturated rings. The Morgan fingerprint density at radius 1 is 1.10 bits per heavy atom. The number of aryl methyl sites for hydroxylation is 1. The van der Waals surface area contributed by atoms with Crippen LogP contribution in [0.1, 0.15) is 16.7 Å². The maximum absolute atomic E-state index is 13.4. The molecule has 0 spiro atoms. The van der Waals surface area contributed by atoms with E-state index < -0.39 is 22.5 Å². The third-order valence-electron chi connectivity index (χ3n) is 4.51. The maximum Gasteiger partial charge on any atom is 0.264 e. The number of hydrogen-bond donors (Lipinski definition) is 1. The molecule has 0 aliphatic rings. The average molecular weight is 457 g/mol. The fraction of sp³-hybridized carbons (Fsp3) is 0.136. The van der Waals surface area contributed by atoms with Crippen molar-refractivity contribution in [3.05, 3.63) is 88.7 Å². The Balaban J connectivity index is 1.91. The number of anilines is 1. The van der Waals surface area contributed by atoms with Crippen molar-refractivity contribution >= 4 is 39.4 Å². The number of amides is 1. The van der Waals surface area contributed by atoms with Gasteiger partial charge >= 0.3 is 0 Å². The molecule has 0 saturated heterocycles. The largest absolute Gasteiger partial charge is 0.271 e. The summed E-state index contributed by atoms with van der Waals surface area (Å²) in [6.45, 7) is 3.10. The number of benzene rings is 2. The summed E-state index contributed by atoms with van der Waals surface area (Å²) in [7, 11) is -4.03. The lowest BCUT2D eigenvalue weighted by Crippen LogP contribution is -2.40. The zero-order valence-corrected chi connectivity index (χ0v) is 18.6. The third kappa shape index (κ3) is 5.48. The molecule has 1 heterocycles. The van der Waals surface area contributed by atoms with E-state index in [2.05, 4.69) is 15.5 Å². The van der Waals surface area contributed by atoms with Gasteiger partial charge in [-0.2, -0.15) is 5.10 Å². The van der Waals surface area contributed by atoms with Crippen molar-refractivity contribution in [3.63, 3.8) is 0 Å². The zero-order chi connectivity index (χ0) is 22.4. The number of halogens is 1. The quantitative estimate of drug-likeness (QED) is 0.433. The van der Waals surface area contributed by atoms with Gasteiger partial charge in [-0.15, -0.1) is 0 Å². The number of aromatic nitrogens is 1. The normalized spacial score (nSPS) is 11.5. The van der Waals surface area contributed by atoms with Crippen molar-refractivity contribution in [1.29, 1.82) is 0 Å². The number of hydrogen-bond acceptors (Lipinski definition) is 5. The number of carbonyl (C=O) groups is 1. The van der Waals surface area contributed by atoms with Crippen LogP contribution in [0.4, 0.5) is 5.69 Å². The van der Waals surface area contributed by atoms with E-state index in [1.807, 2.05) is 6.92 Å². The minimum atomic E-state index is -4.03. The monoisotopic (exact) mass is 456 g/mol. The summed E-state index contributed by atoms with van der Waals surface area (Å²) in [5.41, 5.74) is 4.90. The van der Waals surface area contributed by atoms with Crippen molar-refractivity contribution in [2.75, 3.05) is 10.8 Å². The Morgan fingerprint density at radius 3 is 2.45 bits per heavy atom. The lowest BCUT2D eigenvalue weighted by molar-refractivity contribution is -0.119. The molecular weight excluding hydrogens is 436 g/mol. The predicted octanol–water partition coefficient (Wildman–Crippen LogP) is 3.70. The minimum absolute atomic E-state index is 0.0746. The smallest absolute Gasteiger partial charge is 0.264 e. The minimum Gasteiger partial charge on any atom is -0.271 e. The summed E-state index contributed by atoms with van der Waals surface area (Å²) >= 11 is 6.21. The van der Waals surface area contributed by atoms with Gasteiger partial charge in [0.25, 0.3) is 15.9 Å². The van der Waals surface area contributed by atoms with E-state index in [0.717, 1.165) is 15.4 Å². The topological polar surface area (TPSA) is 91.7 Å². The molecule has 160 valence electrons. The molecule has 3 aromatic rings. The predicted molar refractivity (Wildman–Crippen MR) is 122 cm³/mol. The van der Waals surface area contributed by atoms with E-state index in [1.165, 1.54) is 18.3 Å². The van der Waals surface area contributed by atoms with Crippen molar-refractivity contribution in [2.24, 2.45) is 5.10 Å². The Hall–Kier alpha value is -3.23. The molecule has 0 atom stereocenters. The maximum atomic E-state index is 13.4. The number of carbonyl (C=O) groups excluding carboxylic acids is 1. The summed E-state index contributed by atoms with van der Waals surface area (Å²) < 4.78 is 27.8. The first-order valence-electron chi connectivity index (χ1n) is 9.35. The second-order valence-corrected chi connectivity index (χ2v) is 9.05. The Labute approximate surface area is 186 Å². The molecule has 7 nitrogen and oxygen atoms in total. The van der Waals surface area contributed by atoms with Gasteiger partial charge in [0.15, 0.2) is 0 Å². The van der Waals surface area contributed by atoms with E-state index in [-0.39, 0.29) is 4.90 Å². The van der Waals surface area contributed by atoms with Crippen molar-refractivity contribution < 1.29 is 13.2 Å². The Bertz CT molecular complexity index is 1200. The van der Waals surface area contributed by atoms with Gasteiger partial charge in [-0.1, -0.05) is 35.4 Å². The fourth-order valence-corrected chi connectivity index (χ4v) is 4.45. The van der Waals surface area contributed by atoms with Crippen LogP contribution in [-0.4, -0.2) is 32.1 Å². The van der Waals surface area contributed by atoms with Crippen LogP contribution in [-0.2, 0) is 14.8 Å². The highest BCUT2D eigenvalue weighted by Crippen LogP contribution is 2.30. The molecule has 1 amide bonds. The van der Waals surface area contributed by atoms with Gasteiger partial charge in [-0.3, -0.25) is 14.1 Å². The molecule has 0 saturated carbocycles. The second kappa shape index (κ2) is 9.72. The highest BCUT2D eigenvalue weighted by atomic mass is 35.5. The lowest BCUT2D eigenvalue weighted by Gasteiger charge is -2.25. The van der Waals surface area contributed by atoms with Crippen LogP contribution >= 0.6 is 11.6 Å². The molecule has 9 heteroatoms. The van der Waals surface area contributed by atoms with E-state index in [0.29, 0.717) is 16.3 Å². The summed E-state index contributed by atoms with van der Waals surface area (Å²) in [4.78, 5) is 16.5. The summed E-state index contributed by atoms with van der Waals surface area (Å²) in [6, 6.07) is 14.8. The number of hydrazone groups is 1. The van der Waals surface area contributed by atoms with Gasteiger partial charge in [-0.25, -0.2) is 13.8 Å². The van der Waals surface area contributed by atoms with Gasteiger partial charge in [0.1, 0.15) is 6.54 Å². The Morgan fingerprint density at radius 2 is 1.77 bits per heavy atom. The number of rotatable bonds is 7. The zero-order valence-electron chi connectivity index (χ0n) is 17.0. The SMILES string of the molecule is Cc1ccc(S(=O)(=O)N(CC(=O)N/N=C\c2ccncc2)c2cccc(Cl)c2C)cc1. The Kier molecular flexibility index (Phi) is 7.04. The van der Waals surface area contributed by atoms with Crippen molar-refractivity contribution in [2.45, 2.75) is 18.7 Å². The van der Waals surface area contributed by atoms with Crippen LogP contribution in [0.3, 0.4) is 0 Å². The van der Waals surface area contributed by atoms with Gasteiger partial charge in [0, 0.05) is 17.4 Å².